The molecular formula is C21H33N7O6S2. The second kappa shape index (κ2) is 15.7. The van der Waals surface area contributed by atoms with Crippen LogP contribution in [0.15, 0.2) is 29.3 Å². The van der Waals surface area contributed by atoms with Gasteiger partial charge in [-0.05, 0) is 30.5 Å². The molecule has 0 radical (unpaired) electrons. The van der Waals surface area contributed by atoms with Crippen LogP contribution in [-0.2, 0) is 25.6 Å². The van der Waals surface area contributed by atoms with Gasteiger partial charge in [-0.3, -0.25) is 19.4 Å². The van der Waals surface area contributed by atoms with E-state index in [1.54, 1.807) is 12.1 Å². The number of aliphatic imine (C=N–C) groups is 1. The number of aliphatic carboxylic acids is 1. The summed E-state index contributed by atoms with van der Waals surface area (Å²) in [4.78, 5) is 53.3. The molecule has 4 atom stereocenters. The van der Waals surface area contributed by atoms with Crippen molar-refractivity contribution in [1.82, 2.24) is 16.0 Å². The predicted octanol–water partition coefficient (Wildman–Crippen LogP) is -2.29. The average molecular weight is 544 g/mol. The van der Waals surface area contributed by atoms with Gasteiger partial charge in [0.1, 0.15) is 23.9 Å². The van der Waals surface area contributed by atoms with Gasteiger partial charge in [-0.25, -0.2) is 4.79 Å². The van der Waals surface area contributed by atoms with Crippen LogP contribution in [0.1, 0.15) is 18.4 Å². The Kier molecular flexibility index (Phi) is 13.5. The molecule has 0 aliphatic rings. The molecule has 0 aliphatic heterocycles. The van der Waals surface area contributed by atoms with Crippen LogP contribution in [0.2, 0.25) is 0 Å². The Bertz CT molecular complexity index is 928. The monoisotopic (exact) mass is 543 g/mol. The van der Waals surface area contributed by atoms with Gasteiger partial charge in [0.05, 0.1) is 6.04 Å². The van der Waals surface area contributed by atoms with Crippen LogP contribution < -0.4 is 33.2 Å². The van der Waals surface area contributed by atoms with E-state index in [1.165, 1.54) is 12.1 Å². The summed E-state index contributed by atoms with van der Waals surface area (Å²) >= 11 is 8.03. The molecule has 0 saturated heterocycles. The molecule has 11 N–H and O–H groups in total. The van der Waals surface area contributed by atoms with Gasteiger partial charge in [0, 0.05) is 24.5 Å². The summed E-state index contributed by atoms with van der Waals surface area (Å²) in [5, 5.41) is 26.0. The van der Waals surface area contributed by atoms with Gasteiger partial charge >= 0.3 is 5.97 Å². The van der Waals surface area contributed by atoms with Crippen molar-refractivity contribution in [3.63, 3.8) is 0 Å². The van der Waals surface area contributed by atoms with E-state index >= 15 is 0 Å². The minimum absolute atomic E-state index is 0.0114. The highest BCUT2D eigenvalue weighted by Gasteiger charge is 2.29. The number of amides is 3. The third kappa shape index (κ3) is 11.0. The number of rotatable bonds is 15. The number of hydrogen-bond donors (Lipinski definition) is 10. The highest BCUT2D eigenvalue weighted by molar-refractivity contribution is 7.80. The summed E-state index contributed by atoms with van der Waals surface area (Å²) in [7, 11) is 0. The molecule has 1 rings (SSSR count). The van der Waals surface area contributed by atoms with E-state index in [0.29, 0.717) is 12.0 Å². The molecular weight excluding hydrogens is 510 g/mol. The van der Waals surface area contributed by atoms with Crippen LogP contribution in [0.4, 0.5) is 0 Å². The molecule has 0 heterocycles. The third-order valence-electron chi connectivity index (χ3n) is 4.93. The lowest BCUT2D eigenvalue weighted by Gasteiger charge is -2.24. The fraction of sp³-hybridized carbons (Fsp3) is 0.476. The maximum absolute atomic E-state index is 12.9. The number of carboxylic acids is 1. The van der Waals surface area contributed by atoms with Gasteiger partial charge in [0.25, 0.3) is 0 Å². The fourth-order valence-corrected chi connectivity index (χ4v) is 3.44. The van der Waals surface area contributed by atoms with E-state index < -0.39 is 47.9 Å². The molecule has 36 heavy (non-hydrogen) atoms. The molecule has 13 nitrogen and oxygen atoms in total. The van der Waals surface area contributed by atoms with Crippen molar-refractivity contribution in [3.8, 4) is 5.75 Å². The lowest BCUT2D eigenvalue weighted by atomic mass is 10.0. The van der Waals surface area contributed by atoms with Crippen LogP contribution in [0, 0.1) is 0 Å². The molecule has 1 aromatic carbocycles. The molecule has 1 aromatic rings. The largest absolute Gasteiger partial charge is 0.508 e. The van der Waals surface area contributed by atoms with E-state index in [0.717, 1.165) is 0 Å². The Labute approximate surface area is 219 Å². The number of benzene rings is 1. The Morgan fingerprint density at radius 1 is 0.889 bits per heavy atom. The van der Waals surface area contributed by atoms with Crippen LogP contribution in [0.25, 0.3) is 0 Å². The molecule has 3 amide bonds. The summed E-state index contributed by atoms with van der Waals surface area (Å²) < 4.78 is 0. The zero-order chi connectivity index (χ0) is 27.3. The summed E-state index contributed by atoms with van der Waals surface area (Å²) in [6, 6.07) is 1.38. The first-order valence-electron chi connectivity index (χ1n) is 10.9. The van der Waals surface area contributed by atoms with Crippen LogP contribution in [0.3, 0.4) is 0 Å². The first kappa shape index (κ1) is 30.9. The lowest BCUT2D eigenvalue weighted by molar-refractivity contribution is -0.141. The Hall–Kier alpha value is -3.17. The number of phenols is 1. The number of nitrogens with zero attached hydrogens (tertiary/aromatic N) is 1. The minimum Gasteiger partial charge on any atom is -0.508 e. The fourth-order valence-electron chi connectivity index (χ4n) is 2.93. The van der Waals surface area contributed by atoms with Crippen molar-refractivity contribution >= 4 is 54.9 Å². The van der Waals surface area contributed by atoms with Gasteiger partial charge in [-0.1, -0.05) is 12.1 Å². The zero-order valence-electron chi connectivity index (χ0n) is 19.5. The Balaban J connectivity index is 2.90. The van der Waals surface area contributed by atoms with Crippen LogP contribution in [0.5, 0.6) is 5.75 Å². The van der Waals surface area contributed by atoms with Gasteiger partial charge in [0.15, 0.2) is 5.96 Å². The van der Waals surface area contributed by atoms with E-state index in [2.05, 4.69) is 46.2 Å². The number of thiol groups is 2. The topological polar surface area (TPSA) is 235 Å². The molecule has 0 saturated carbocycles. The zero-order valence-corrected chi connectivity index (χ0v) is 21.3. The maximum atomic E-state index is 12.9. The second-order valence-electron chi connectivity index (χ2n) is 7.81. The van der Waals surface area contributed by atoms with Crippen LogP contribution in [-0.4, -0.2) is 82.1 Å². The van der Waals surface area contributed by atoms with Gasteiger partial charge in [-0.15, -0.1) is 0 Å². The van der Waals surface area contributed by atoms with Gasteiger partial charge in [-0.2, -0.15) is 25.3 Å². The summed E-state index contributed by atoms with van der Waals surface area (Å²) in [5.41, 5.74) is 16.9. The highest BCUT2D eigenvalue weighted by Crippen LogP contribution is 2.12. The van der Waals surface area contributed by atoms with Crippen molar-refractivity contribution < 1.29 is 29.4 Å². The Morgan fingerprint density at radius 2 is 1.42 bits per heavy atom. The normalized spacial score (nSPS) is 14.0. The second-order valence-corrected chi connectivity index (χ2v) is 8.54. The highest BCUT2D eigenvalue weighted by atomic mass is 32.1. The van der Waals surface area contributed by atoms with E-state index in [4.69, 9.17) is 17.2 Å². The number of carboxylic acid groups (broad SMARTS) is 1. The van der Waals surface area contributed by atoms with Gasteiger partial charge < -0.3 is 43.4 Å². The number of hydrogen-bond acceptors (Lipinski definition) is 9. The first-order valence-corrected chi connectivity index (χ1v) is 12.2. The number of guanidine groups is 1. The molecule has 0 aliphatic carbocycles. The third-order valence-corrected chi connectivity index (χ3v) is 5.66. The number of aromatic hydroxyl groups is 1. The molecule has 0 spiro atoms. The van der Waals surface area contributed by atoms with Gasteiger partial charge in [0.2, 0.25) is 17.7 Å². The Morgan fingerprint density at radius 3 is 1.94 bits per heavy atom. The standard InChI is InChI=1S/C21H33N7O6S2/c22-13(2-1-7-25-21(23)24)17(30)27-15(9-35)19(32)26-14(8-11-3-5-12(29)6-4-11)18(31)28-16(10-36)20(33)34/h3-6,13-16,29,35-36H,1-2,7-10,22H2,(H,26,32)(H,27,30)(H,28,31)(H,33,34)(H4,23,24,25). The summed E-state index contributed by atoms with van der Waals surface area (Å²) in [6.45, 7) is 0.289. The van der Waals surface area contributed by atoms with Crippen LogP contribution >= 0.6 is 25.3 Å². The van der Waals surface area contributed by atoms with E-state index in [1.807, 2.05) is 0 Å². The number of carbonyl (C=O) groups is 4. The van der Waals surface area contributed by atoms with E-state index in [-0.39, 0.29) is 42.6 Å². The molecule has 0 fully saturated rings. The maximum Gasteiger partial charge on any atom is 0.327 e. The predicted molar refractivity (Wildman–Crippen MR) is 141 cm³/mol. The van der Waals surface area contributed by atoms with E-state index in [9.17, 15) is 29.4 Å². The number of phenolic OH excluding ortho intramolecular Hbond substituents is 1. The molecule has 0 aromatic heterocycles. The van der Waals surface area contributed by atoms with Crippen molar-refractivity contribution in [3.05, 3.63) is 29.8 Å². The molecule has 4 unspecified atom stereocenters. The summed E-state index contributed by atoms with van der Waals surface area (Å²) in [5.74, 6) is -3.71. The SMILES string of the molecule is NC(N)=NCCCC(N)C(=O)NC(CS)C(=O)NC(Cc1ccc(O)cc1)C(=O)NC(CS)C(=O)O. The minimum atomic E-state index is -1.29. The number of carbonyl (C=O) groups excluding carboxylic acids is 3. The average Bonchev–Trinajstić information content (AvgIpc) is 2.83. The lowest BCUT2D eigenvalue weighted by Crippen LogP contribution is -2.58. The quantitative estimate of drug-likeness (QED) is 0.0495. The van der Waals surface area contributed by atoms with Crippen molar-refractivity contribution in [2.45, 2.75) is 43.4 Å². The smallest absolute Gasteiger partial charge is 0.327 e. The number of nitrogens with one attached hydrogen (secondary N) is 3. The van der Waals surface area contributed by atoms with Crippen molar-refractivity contribution in [2.24, 2.45) is 22.2 Å². The van der Waals surface area contributed by atoms with Crippen molar-refractivity contribution in [1.29, 1.82) is 0 Å². The molecule has 200 valence electrons. The van der Waals surface area contributed by atoms with Crippen molar-refractivity contribution in [2.75, 3.05) is 18.1 Å². The number of nitrogens with two attached hydrogens (primary N) is 3. The molecule has 0 bridgehead atoms. The summed E-state index contributed by atoms with van der Waals surface area (Å²) in [6.07, 6.45) is 0.680. The first-order chi connectivity index (χ1) is 17.0. The molecule has 15 heteroatoms.